The van der Waals surface area contributed by atoms with Crippen molar-refractivity contribution in [3.8, 4) is 11.3 Å². The Labute approximate surface area is 167 Å². The van der Waals surface area contributed by atoms with E-state index in [0.717, 1.165) is 17.4 Å². The molecule has 1 N–H and O–H groups in total. The van der Waals surface area contributed by atoms with Gasteiger partial charge in [-0.1, -0.05) is 84.4 Å². The van der Waals surface area contributed by atoms with Crippen molar-refractivity contribution in [1.82, 2.24) is 4.98 Å². The molecular weight excluding hydrogens is 374 g/mol. The molecule has 0 saturated carbocycles. The number of aromatic carboxylic acids is 1. The summed E-state index contributed by atoms with van der Waals surface area (Å²) in [5.74, 6) is -0.989. The van der Waals surface area contributed by atoms with Crippen molar-refractivity contribution < 1.29 is 14.7 Å². The topological polar surface area (TPSA) is 67.3 Å². The van der Waals surface area contributed by atoms with Crippen LogP contribution in [0.2, 0.25) is 5.02 Å². The Hall–Kier alpha value is -3.50. The fourth-order valence-corrected chi connectivity index (χ4v) is 2.90. The maximum Gasteiger partial charge on any atom is 0.336 e. The van der Waals surface area contributed by atoms with Crippen molar-refractivity contribution in [3.63, 3.8) is 0 Å². The molecule has 0 aliphatic carbocycles. The summed E-state index contributed by atoms with van der Waals surface area (Å²) in [4.78, 5) is 25.9. The van der Waals surface area contributed by atoms with Crippen LogP contribution in [-0.4, -0.2) is 22.3 Å². The van der Waals surface area contributed by atoms with Crippen molar-refractivity contribution in [2.24, 2.45) is 0 Å². The lowest BCUT2D eigenvalue weighted by Crippen LogP contribution is -2.00. The largest absolute Gasteiger partial charge is 0.478 e. The molecule has 138 valence electrons. The van der Waals surface area contributed by atoms with Crippen LogP contribution < -0.4 is 0 Å². The van der Waals surface area contributed by atoms with E-state index >= 15 is 0 Å². The molecule has 0 aliphatic rings. The first kappa shape index (κ1) is 19.3. The quantitative estimate of drug-likeness (QED) is 0.453. The molecule has 0 amide bonds. The fraction of sp³-hybridized carbons (Fsp3) is 0. The number of carboxylic acid groups (broad SMARTS) is 1. The Morgan fingerprint density at radius 3 is 2.11 bits per heavy atom. The van der Waals surface area contributed by atoms with Gasteiger partial charge in [0.1, 0.15) is 6.29 Å². The standard InChI is InChI=1S/C16H10ClNO2.C7H6O/c17-13-8-4-7-11-12(16(19)20)9-14(18-15(11)13)10-5-2-1-3-6-10;8-6-7-4-2-1-3-5-7/h1-9H,(H,19,20);1-6H. The second-order valence-electron chi connectivity index (χ2n) is 5.89. The summed E-state index contributed by atoms with van der Waals surface area (Å²) in [5, 5.41) is 10.4. The molecular formula is C23H16ClNO3. The maximum absolute atomic E-state index is 11.4. The van der Waals surface area contributed by atoms with Crippen molar-refractivity contribution in [2.45, 2.75) is 0 Å². The number of pyridine rings is 1. The molecule has 4 aromatic rings. The lowest BCUT2D eigenvalue weighted by molar-refractivity contribution is 0.0699. The average molecular weight is 390 g/mol. The fourth-order valence-electron chi connectivity index (χ4n) is 2.68. The van der Waals surface area contributed by atoms with E-state index in [1.54, 1.807) is 36.4 Å². The van der Waals surface area contributed by atoms with Crippen LogP contribution in [0.1, 0.15) is 20.7 Å². The summed E-state index contributed by atoms with van der Waals surface area (Å²) in [5.41, 5.74) is 2.90. The predicted octanol–water partition coefficient (Wildman–Crippen LogP) is 5.75. The van der Waals surface area contributed by atoms with Gasteiger partial charge in [-0.3, -0.25) is 4.79 Å². The molecule has 0 unspecified atom stereocenters. The number of carboxylic acids is 1. The zero-order valence-corrected chi connectivity index (χ0v) is 15.5. The second kappa shape index (κ2) is 8.93. The van der Waals surface area contributed by atoms with Crippen molar-refractivity contribution in [3.05, 3.63) is 101 Å². The number of benzene rings is 3. The molecule has 0 fully saturated rings. The Morgan fingerprint density at radius 2 is 1.54 bits per heavy atom. The summed E-state index contributed by atoms with van der Waals surface area (Å²) in [6.07, 6.45) is 0.833. The van der Waals surface area contributed by atoms with E-state index in [4.69, 9.17) is 11.6 Å². The lowest BCUT2D eigenvalue weighted by atomic mass is 10.0. The minimum absolute atomic E-state index is 0.205. The molecule has 0 aliphatic heterocycles. The van der Waals surface area contributed by atoms with Gasteiger partial charge in [0.25, 0.3) is 0 Å². The van der Waals surface area contributed by atoms with E-state index in [0.29, 0.717) is 21.6 Å². The normalized spacial score (nSPS) is 10.0. The average Bonchev–Trinajstić information content (AvgIpc) is 2.75. The zero-order valence-electron chi connectivity index (χ0n) is 14.7. The maximum atomic E-state index is 11.4. The molecule has 0 saturated heterocycles. The van der Waals surface area contributed by atoms with Gasteiger partial charge in [-0.2, -0.15) is 0 Å². The van der Waals surface area contributed by atoms with Gasteiger partial charge < -0.3 is 5.11 Å². The van der Waals surface area contributed by atoms with Crippen LogP contribution in [0.5, 0.6) is 0 Å². The minimum Gasteiger partial charge on any atom is -0.478 e. The highest BCUT2D eigenvalue weighted by atomic mass is 35.5. The Kier molecular flexibility index (Phi) is 6.14. The third kappa shape index (κ3) is 4.42. The number of nitrogens with zero attached hydrogens (tertiary/aromatic N) is 1. The number of fused-ring (bicyclic) bond motifs is 1. The smallest absolute Gasteiger partial charge is 0.336 e. The van der Waals surface area contributed by atoms with E-state index in [1.807, 2.05) is 48.5 Å². The summed E-state index contributed by atoms with van der Waals surface area (Å²) in [6, 6.07) is 25.3. The number of rotatable bonds is 3. The van der Waals surface area contributed by atoms with E-state index in [1.165, 1.54) is 0 Å². The molecule has 4 rings (SSSR count). The Morgan fingerprint density at radius 1 is 0.893 bits per heavy atom. The SMILES string of the molecule is O=C(O)c1cc(-c2ccccc2)nc2c(Cl)cccc12.O=Cc1ccccc1. The highest BCUT2D eigenvalue weighted by Gasteiger charge is 2.14. The summed E-state index contributed by atoms with van der Waals surface area (Å²) in [7, 11) is 0. The first-order valence-corrected chi connectivity index (χ1v) is 8.86. The van der Waals surface area contributed by atoms with Crippen LogP contribution >= 0.6 is 11.6 Å². The lowest BCUT2D eigenvalue weighted by Gasteiger charge is -2.08. The summed E-state index contributed by atoms with van der Waals surface area (Å²) >= 11 is 6.14. The molecule has 1 aromatic heterocycles. The third-order valence-corrected chi connectivity index (χ3v) is 4.33. The number of halogens is 1. The Balaban J connectivity index is 0.000000236. The van der Waals surface area contributed by atoms with Gasteiger partial charge in [-0.05, 0) is 12.1 Å². The molecule has 4 nitrogen and oxygen atoms in total. The highest BCUT2D eigenvalue weighted by molar-refractivity contribution is 6.35. The second-order valence-corrected chi connectivity index (χ2v) is 6.30. The van der Waals surface area contributed by atoms with E-state index in [2.05, 4.69) is 4.98 Å². The predicted molar refractivity (Wildman–Crippen MR) is 111 cm³/mol. The molecule has 0 spiro atoms. The first-order chi connectivity index (χ1) is 13.6. The number of hydrogen-bond donors (Lipinski definition) is 1. The van der Waals surface area contributed by atoms with Crippen molar-refractivity contribution in [2.75, 3.05) is 0 Å². The van der Waals surface area contributed by atoms with Gasteiger partial charge in [-0.15, -0.1) is 0 Å². The van der Waals surface area contributed by atoms with Crippen LogP contribution in [0.25, 0.3) is 22.2 Å². The van der Waals surface area contributed by atoms with Gasteiger partial charge in [0.2, 0.25) is 0 Å². The van der Waals surface area contributed by atoms with E-state index in [9.17, 15) is 14.7 Å². The number of hydrogen-bond acceptors (Lipinski definition) is 3. The first-order valence-electron chi connectivity index (χ1n) is 8.48. The summed E-state index contributed by atoms with van der Waals surface area (Å²) in [6.45, 7) is 0. The highest BCUT2D eigenvalue weighted by Crippen LogP contribution is 2.28. The van der Waals surface area contributed by atoms with E-state index < -0.39 is 5.97 Å². The Bertz CT molecular complexity index is 1110. The molecule has 5 heteroatoms. The number of aromatic nitrogens is 1. The summed E-state index contributed by atoms with van der Waals surface area (Å²) < 4.78 is 0. The number of carbonyl (C=O) groups is 2. The van der Waals surface area contributed by atoms with Gasteiger partial charge in [-0.25, -0.2) is 9.78 Å². The van der Waals surface area contributed by atoms with Gasteiger partial charge in [0, 0.05) is 16.5 Å². The molecule has 28 heavy (non-hydrogen) atoms. The van der Waals surface area contributed by atoms with Crippen LogP contribution in [0, 0.1) is 0 Å². The zero-order chi connectivity index (χ0) is 19.9. The minimum atomic E-state index is -0.989. The van der Waals surface area contributed by atoms with Crippen LogP contribution in [-0.2, 0) is 0 Å². The molecule has 3 aromatic carbocycles. The van der Waals surface area contributed by atoms with Crippen LogP contribution in [0.4, 0.5) is 0 Å². The number of carbonyl (C=O) groups excluding carboxylic acids is 1. The number of para-hydroxylation sites is 1. The van der Waals surface area contributed by atoms with E-state index in [-0.39, 0.29) is 5.56 Å². The van der Waals surface area contributed by atoms with Gasteiger partial charge in [0.05, 0.1) is 21.8 Å². The van der Waals surface area contributed by atoms with Crippen LogP contribution in [0.3, 0.4) is 0 Å². The van der Waals surface area contributed by atoms with Gasteiger partial charge >= 0.3 is 5.97 Å². The molecule has 1 heterocycles. The molecule has 0 bridgehead atoms. The molecule has 0 atom stereocenters. The van der Waals surface area contributed by atoms with Gasteiger partial charge in [0.15, 0.2) is 0 Å². The monoisotopic (exact) mass is 389 g/mol. The number of aldehydes is 1. The van der Waals surface area contributed by atoms with Crippen molar-refractivity contribution in [1.29, 1.82) is 0 Å². The third-order valence-electron chi connectivity index (χ3n) is 4.03. The van der Waals surface area contributed by atoms with Crippen LogP contribution in [0.15, 0.2) is 84.9 Å². The molecule has 0 radical (unpaired) electrons. The van der Waals surface area contributed by atoms with Crippen molar-refractivity contribution >= 4 is 34.8 Å².